The van der Waals surface area contributed by atoms with E-state index in [2.05, 4.69) is 40.0 Å². The molecule has 1 saturated carbocycles. The number of halogens is 3. The number of anilines is 1. The van der Waals surface area contributed by atoms with Gasteiger partial charge in [0.05, 0.1) is 6.54 Å². The van der Waals surface area contributed by atoms with E-state index in [0.29, 0.717) is 29.5 Å². The normalized spacial score (nSPS) is 22.9. The van der Waals surface area contributed by atoms with E-state index in [0.717, 1.165) is 68.2 Å². The molecule has 10 heteroatoms. The van der Waals surface area contributed by atoms with Crippen LogP contribution in [0.4, 0.5) is 19.0 Å². The Morgan fingerprint density at radius 1 is 1.07 bits per heavy atom. The van der Waals surface area contributed by atoms with Crippen molar-refractivity contribution < 1.29 is 18.0 Å². The number of hydrogen-bond acceptors (Lipinski definition) is 5. The van der Waals surface area contributed by atoms with Crippen molar-refractivity contribution in [1.29, 1.82) is 0 Å². The van der Waals surface area contributed by atoms with Gasteiger partial charge in [0, 0.05) is 44.1 Å². The number of carbonyl (C=O) groups excluding carboxylic acids is 1. The van der Waals surface area contributed by atoms with E-state index in [-0.39, 0.29) is 23.7 Å². The molecule has 4 heterocycles. The molecule has 0 radical (unpaired) electrons. The minimum absolute atomic E-state index is 0.0584. The Balaban J connectivity index is 1.29. The zero-order valence-corrected chi connectivity index (χ0v) is 23.2. The highest BCUT2D eigenvalue weighted by molar-refractivity contribution is 6.09. The van der Waals surface area contributed by atoms with Crippen LogP contribution in [-0.4, -0.2) is 43.6 Å². The molecule has 2 aromatic heterocycles. The summed E-state index contributed by atoms with van der Waals surface area (Å²) in [6.07, 6.45) is 2.01. The Morgan fingerprint density at radius 2 is 1.82 bits per heavy atom. The number of fused-ring (bicyclic) bond motifs is 1. The Hall–Kier alpha value is -3.27. The lowest BCUT2D eigenvalue weighted by Crippen LogP contribution is -2.38. The number of hydrogen-bond donors (Lipinski definition) is 0. The number of amides is 1. The molecule has 6 rings (SSSR count). The van der Waals surface area contributed by atoms with E-state index in [1.807, 2.05) is 23.7 Å². The van der Waals surface area contributed by atoms with Gasteiger partial charge in [0.2, 0.25) is 0 Å². The summed E-state index contributed by atoms with van der Waals surface area (Å²) < 4.78 is 43.7. The van der Waals surface area contributed by atoms with Crippen LogP contribution in [0.5, 0.6) is 0 Å². The lowest BCUT2D eigenvalue weighted by Gasteiger charge is -2.42. The first kappa shape index (κ1) is 26.9. The second-order valence-corrected chi connectivity index (χ2v) is 12.3. The third kappa shape index (κ3) is 5.02. The molecule has 2 atom stereocenters. The van der Waals surface area contributed by atoms with E-state index in [1.165, 1.54) is 4.90 Å². The fraction of sp³-hybridized carbons (Fsp3) is 0.533. The van der Waals surface area contributed by atoms with Gasteiger partial charge < -0.3 is 4.57 Å². The summed E-state index contributed by atoms with van der Waals surface area (Å²) in [5.41, 5.74) is 1.87. The van der Waals surface area contributed by atoms with Gasteiger partial charge in [0.15, 0.2) is 0 Å². The number of pyridine rings is 1. The van der Waals surface area contributed by atoms with Crippen molar-refractivity contribution >= 4 is 11.7 Å². The summed E-state index contributed by atoms with van der Waals surface area (Å²) in [7, 11) is 1.93. The van der Waals surface area contributed by atoms with Crippen molar-refractivity contribution in [3.05, 3.63) is 70.4 Å². The van der Waals surface area contributed by atoms with Crippen LogP contribution < -0.4 is 4.90 Å². The number of likely N-dealkylation sites (tertiary alicyclic amines) is 1. The molecular weight excluding hydrogens is 517 g/mol. The van der Waals surface area contributed by atoms with E-state index in [1.54, 1.807) is 12.4 Å². The molecule has 0 unspecified atom stereocenters. The average molecular weight is 553 g/mol. The van der Waals surface area contributed by atoms with Crippen LogP contribution in [0.25, 0.3) is 0 Å². The van der Waals surface area contributed by atoms with Crippen LogP contribution in [0.2, 0.25) is 0 Å². The predicted molar refractivity (Wildman–Crippen MR) is 145 cm³/mol. The lowest BCUT2D eigenvalue weighted by atomic mass is 9.62. The fourth-order valence-electron chi connectivity index (χ4n) is 6.88. The van der Waals surface area contributed by atoms with Crippen molar-refractivity contribution in [2.75, 3.05) is 18.0 Å². The molecule has 1 aliphatic carbocycles. The Morgan fingerprint density at radius 3 is 2.45 bits per heavy atom. The molecule has 1 amide bonds. The molecule has 0 spiro atoms. The summed E-state index contributed by atoms with van der Waals surface area (Å²) in [4.78, 5) is 21.2. The lowest BCUT2D eigenvalue weighted by molar-refractivity contribution is -0.141. The van der Waals surface area contributed by atoms with Gasteiger partial charge in [-0.05, 0) is 66.0 Å². The first-order valence-corrected chi connectivity index (χ1v) is 14.1. The number of aromatic nitrogens is 4. The van der Waals surface area contributed by atoms with Gasteiger partial charge in [-0.2, -0.15) is 13.2 Å². The Labute approximate surface area is 232 Å². The number of benzene rings is 1. The van der Waals surface area contributed by atoms with Crippen molar-refractivity contribution in [1.82, 2.24) is 24.6 Å². The quantitative estimate of drug-likeness (QED) is 0.402. The van der Waals surface area contributed by atoms with Crippen molar-refractivity contribution in [2.45, 2.75) is 70.6 Å². The third-order valence-corrected chi connectivity index (χ3v) is 8.93. The van der Waals surface area contributed by atoms with Crippen LogP contribution in [0.3, 0.4) is 0 Å². The maximum atomic E-state index is 13.9. The summed E-state index contributed by atoms with van der Waals surface area (Å²) in [6.45, 7) is 6.65. The van der Waals surface area contributed by atoms with E-state index < -0.39 is 11.9 Å². The fourth-order valence-corrected chi connectivity index (χ4v) is 6.88. The van der Waals surface area contributed by atoms with Crippen LogP contribution in [-0.2, 0) is 38.1 Å². The number of piperidine rings is 1. The monoisotopic (exact) mass is 552 g/mol. The van der Waals surface area contributed by atoms with Gasteiger partial charge in [0.25, 0.3) is 5.91 Å². The summed E-state index contributed by atoms with van der Waals surface area (Å²) >= 11 is 0. The molecule has 0 N–H and O–H groups in total. The minimum atomic E-state index is -4.60. The van der Waals surface area contributed by atoms with E-state index >= 15 is 0 Å². The molecule has 1 saturated heterocycles. The first-order chi connectivity index (χ1) is 19.0. The molecule has 40 heavy (non-hydrogen) atoms. The van der Waals surface area contributed by atoms with Crippen molar-refractivity contribution in [3.8, 4) is 0 Å². The smallest absolute Gasteiger partial charge is 0.321 e. The largest absolute Gasteiger partial charge is 0.433 e. The molecule has 0 bridgehead atoms. The molecule has 2 aliphatic heterocycles. The minimum Gasteiger partial charge on any atom is -0.321 e. The molecular formula is C30H35F3N6O. The van der Waals surface area contributed by atoms with E-state index in [9.17, 15) is 18.0 Å². The van der Waals surface area contributed by atoms with Crippen molar-refractivity contribution in [2.24, 2.45) is 18.9 Å². The molecule has 212 valence electrons. The number of carbonyl (C=O) groups is 1. The first-order valence-electron chi connectivity index (χ1n) is 14.1. The highest BCUT2D eigenvalue weighted by Gasteiger charge is 2.42. The third-order valence-electron chi connectivity index (χ3n) is 8.93. The van der Waals surface area contributed by atoms with Gasteiger partial charge >= 0.3 is 6.18 Å². The van der Waals surface area contributed by atoms with Gasteiger partial charge in [-0.15, -0.1) is 10.2 Å². The molecule has 3 aliphatic rings. The maximum Gasteiger partial charge on any atom is 0.433 e. The molecule has 2 fully saturated rings. The van der Waals surface area contributed by atoms with Crippen LogP contribution in [0, 0.1) is 11.8 Å². The number of aryl methyl sites for hydroxylation is 1. The Bertz CT molecular complexity index is 1420. The SMILES string of the molecule is C[C@@H]1C[C@H](C)CN(Cc2cc(N3Cc4ccc(C5(Cc6nncn6C)CCC5)cc4C3=O)nc(C(F)(F)F)c2)C1. The highest BCUT2D eigenvalue weighted by Crippen LogP contribution is 2.47. The molecule has 1 aromatic carbocycles. The van der Waals surface area contributed by atoms with Crippen LogP contribution >= 0.6 is 0 Å². The second kappa shape index (κ2) is 9.98. The highest BCUT2D eigenvalue weighted by atomic mass is 19.4. The maximum absolute atomic E-state index is 13.9. The number of alkyl halides is 3. The zero-order valence-electron chi connectivity index (χ0n) is 23.2. The summed E-state index contributed by atoms with van der Waals surface area (Å²) in [6, 6.07) is 8.74. The summed E-state index contributed by atoms with van der Waals surface area (Å²) in [5.74, 6) is 1.63. The second-order valence-electron chi connectivity index (χ2n) is 12.3. The van der Waals surface area contributed by atoms with Gasteiger partial charge in [0.1, 0.15) is 23.7 Å². The van der Waals surface area contributed by atoms with Gasteiger partial charge in [-0.3, -0.25) is 14.6 Å². The predicted octanol–water partition coefficient (Wildman–Crippen LogP) is 5.53. The molecule has 7 nitrogen and oxygen atoms in total. The molecule has 3 aromatic rings. The van der Waals surface area contributed by atoms with Crippen molar-refractivity contribution in [3.63, 3.8) is 0 Å². The number of nitrogens with zero attached hydrogens (tertiary/aromatic N) is 6. The topological polar surface area (TPSA) is 67.2 Å². The zero-order chi connectivity index (χ0) is 28.2. The van der Waals surface area contributed by atoms with Crippen LogP contribution in [0.1, 0.15) is 78.1 Å². The van der Waals surface area contributed by atoms with Crippen LogP contribution in [0.15, 0.2) is 36.7 Å². The summed E-state index contributed by atoms with van der Waals surface area (Å²) in [5, 5.41) is 8.28. The standard InChI is InChI=1S/C30H35F3N6O/c1-19-9-20(2)15-38(14-19)16-21-10-25(30(31,32)33)35-26(11-21)39-17-22-5-6-23(12-24(22)28(39)40)29(7-4-8-29)13-27-36-34-18-37(27)3/h5-6,10-12,18-20H,4,7-9,13-17H2,1-3H3/t19-,20+. The van der Waals surface area contributed by atoms with Gasteiger partial charge in [-0.25, -0.2) is 4.98 Å². The Kier molecular flexibility index (Phi) is 6.71. The van der Waals surface area contributed by atoms with E-state index in [4.69, 9.17) is 0 Å². The van der Waals surface area contributed by atoms with Gasteiger partial charge in [-0.1, -0.05) is 32.4 Å². The number of rotatable bonds is 6. The average Bonchev–Trinajstić information content (AvgIpc) is 3.42.